The quantitative estimate of drug-likeness (QED) is 0.338. The van der Waals surface area contributed by atoms with Gasteiger partial charge in [-0.2, -0.15) is 9.78 Å². The average Bonchev–Trinajstić information content (AvgIpc) is 2.76. The van der Waals surface area contributed by atoms with Crippen molar-refractivity contribution in [1.29, 1.82) is 0 Å². The first-order valence-corrected chi connectivity index (χ1v) is 10.5. The molecular formula is C23H24BrN3O3. The normalized spacial score (nSPS) is 12.3. The van der Waals surface area contributed by atoms with Gasteiger partial charge in [0, 0.05) is 16.0 Å². The molecule has 0 saturated heterocycles. The molecule has 2 aromatic carbocycles. The van der Waals surface area contributed by atoms with Gasteiger partial charge in [0.05, 0.1) is 24.2 Å². The molecule has 3 aromatic rings. The summed E-state index contributed by atoms with van der Waals surface area (Å²) in [5.74, 6) is 1.80. The minimum atomic E-state index is -0.218. The standard InChI is InChI=1S/C23H24BrN3O3/c1-5-12-30-21-16(8-7-9-20(21)29-4)14-25-27-22(15(3)6-2)26-19-11-10-17(24)13-18(19)23(27)28/h5,7-11,13-15H,1,6,12H2,2-4H3/t15-/m0/s1. The van der Waals surface area contributed by atoms with E-state index in [-0.39, 0.29) is 11.5 Å². The van der Waals surface area contributed by atoms with E-state index in [1.165, 1.54) is 4.68 Å². The van der Waals surface area contributed by atoms with E-state index >= 15 is 0 Å². The van der Waals surface area contributed by atoms with E-state index in [4.69, 9.17) is 14.5 Å². The summed E-state index contributed by atoms with van der Waals surface area (Å²) in [7, 11) is 1.58. The molecule has 0 unspecified atom stereocenters. The summed E-state index contributed by atoms with van der Waals surface area (Å²) >= 11 is 3.42. The number of ether oxygens (including phenoxy) is 2. The second-order valence-electron chi connectivity index (χ2n) is 6.78. The molecule has 0 saturated carbocycles. The van der Waals surface area contributed by atoms with Crippen LogP contribution in [-0.4, -0.2) is 29.6 Å². The topological polar surface area (TPSA) is 65.7 Å². The summed E-state index contributed by atoms with van der Waals surface area (Å²) in [6, 6.07) is 11.0. The van der Waals surface area contributed by atoms with Gasteiger partial charge in [-0.25, -0.2) is 4.98 Å². The number of benzene rings is 2. The van der Waals surface area contributed by atoms with E-state index in [9.17, 15) is 4.79 Å². The van der Waals surface area contributed by atoms with Gasteiger partial charge < -0.3 is 9.47 Å². The van der Waals surface area contributed by atoms with Gasteiger partial charge in [0.1, 0.15) is 12.4 Å². The first-order valence-electron chi connectivity index (χ1n) is 9.67. The Hall–Kier alpha value is -2.93. The minimum absolute atomic E-state index is 0.0599. The van der Waals surface area contributed by atoms with Crippen LogP contribution < -0.4 is 15.0 Å². The van der Waals surface area contributed by atoms with Gasteiger partial charge in [0.2, 0.25) is 0 Å². The molecule has 30 heavy (non-hydrogen) atoms. The summed E-state index contributed by atoms with van der Waals surface area (Å²) in [6.45, 7) is 8.10. The molecule has 0 bridgehead atoms. The summed E-state index contributed by atoms with van der Waals surface area (Å²) in [5, 5.41) is 5.01. The van der Waals surface area contributed by atoms with E-state index in [0.29, 0.717) is 40.4 Å². The lowest BCUT2D eigenvalue weighted by atomic mass is 10.1. The van der Waals surface area contributed by atoms with Crippen LogP contribution in [-0.2, 0) is 0 Å². The van der Waals surface area contributed by atoms with Gasteiger partial charge in [-0.05, 0) is 36.8 Å². The van der Waals surface area contributed by atoms with Crippen molar-refractivity contribution in [2.45, 2.75) is 26.2 Å². The number of para-hydroxylation sites is 1. The molecule has 1 heterocycles. The van der Waals surface area contributed by atoms with Crippen molar-refractivity contribution in [3.63, 3.8) is 0 Å². The predicted octanol–water partition coefficient (Wildman–Crippen LogP) is 5.13. The summed E-state index contributed by atoms with van der Waals surface area (Å²) in [5.41, 5.74) is 1.12. The molecule has 1 aromatic heterocycles. The van der Waals surface area contributed by atoms with Crippen molar-refractivity contribution >= 4 is 33.0 Å². The van der Waals surface area contributed by atoms with Crippen LogP contribution >= 0.6 is 15.9 Å². The second kappa shape index (κ2) is 9.71. The summed E-state index contributed by atoms with van der Waals surface area (Å²) in [6.07, 6.45) is 4.08. The third-order valence-electron chi connectivity index (χ3n) is 4.77. The monoisotopic (exact) mass is 469 g/mol. The molecule has 0 radical (unpaired) electrons. The van der Waals surface area contributed by atoms with Crippen molar-refractivity contribution in [1.82, 2.24) is 9.66 Å². The molecule has 0 spiro atoms. The molecule has 0 N–H and O–H groups in total. The van der Waals surface area contributed by atoms with Gasteiger partial charge in [-0.3, -0.25) is 4.79 Å². The minimum Gasteiger partial charge on any atom is -0.493 e. The highest BCUT2D eigenvalue weighted by molar-refractivity contribution is 9.10. The smallest absolute Gasteiger partial charge is 0.282 e. The lowest BCUT2D eigenvalue weighted by Crippen LogP contribution is -2.23. The molecule has 3 rings (SSSR count). The zero-order valence-electron chi connectivity index (χ0n) is 17.3. The number of hydrogen-bond acceptors (Lipinski definition) is 5. The van der Waals surface area contributed by atoms with Gasteiger partial charge in [0.25, 0.3) is 5.56 Å². The van der Waals surface area contributed by atoms with Crippen LogP contribution in [0.3, 0.4) is 0 Å². The summed E-state index contributed by atoms with van der Waals surface area (Å²) in [4.78, 5) is 18.0. The maximum absolute atomic E-state index is 13.2. The second-order valence-corrected chi connectivity index (χ2v) is 7.70. The number of methoxy groups -OCH3 is 1. The highest BCUT2D eigenvalue weighted by Gasteiger charge is 2.16. The zero-order valence-corrected chi connectivity index (χ0v) is 18.8. The molecule has 0 amide bonds. The number of halogens is 1. The Labute approximate surface area is 184 Å². The molecule has 6 nitrogen and oxygen atoms in total. The Morgan fingerprint density at radius 3 is 2.83 bits per heavy atom. The first kappa shape index (κ1) is 21.8. The highest BCUT2D eigenvalue weighted by atomic mass is 79.9. The van der Waals surface area contributed by atoms with Crippen LogP contribution in [0.4, 0.5) is 0 Å². The van der Waals surface area contributed by atoms with Crippen LogP contribution in [0.2, 0.25) is 0 Å². The number of rotatable bonds is 8. The first-order chi connectivity index (χ1) is 14.5. The van der Waals surface area contributed by atoms with Crippen molar-refractivity contribution in [3.8, 4) is 11.5 Å². The van der Waals surface area contributed by atoms with Crippen LogP contribution in [0.15, 0.2) is 63.4 Å². The third-order valence-corrected chi connectivity index (χ3v) is 5.27. The van der Waals surface area contributed by atoms with Crippen molar-refractivity contribution in [3.05, 3.63) is 75.3 Å². The van der Waals surface area contributed by atoms with E-state index < -0.39 is 0 Å². The molecule has 156 valence electrons. The van der Waals surface area contributed by atoms with E-state index in [1.54, 1.807) is 25.5 Å². The molecule has 1 atom stereocenters. The fraction of sp³-hybridized carbons (Fsp3) is 0.261. The Kier molecular flexibility index (Phi) is 7.05. The van der Waals surface area contributed by atoms with Crippen LogP contribution in [0, 0.1) is 0 Å². The Morgan fingerprint density at radius 2 is 2.13 bits per heavy atom. The number of hydrogen-bond donors (Lipinski definition) is 0. The van der Waals surface area contributed by atoms with E-state index in [2.05, 4.69) is 34.5 Å². The largest absolute Gasteiger partial charge is 0.493 e. The lowest BCUT2D eigenvalue weighted by Gasteiger charge is -2.15. The third kappa shape index (κ3) is 4.46. The van der Waals surface area contributed by atoms with Crippen molar-refractivity contribution in [2.75, 3.05) is 13.7 Å². The molecule has 7 heteroatoms. The Balaban J connectivity index is 2.17. The number of fused-ring (bicyclic) bond motifs is 1. The van der Waals surface area contributed by atoms with Gasteiger partial charge in [-0.15, -0.1) is 0 Å². The number of nitrogens with zero attached hydrogens (tertiary/aromatic N) is 3. The lowest BCUT2D eigenvalue weighted by molar-refractivity contribution is 0.326. The number of aromatic nitrogens is 2. The highest BCUT2D eigenvalue weighted by Crippen LogP contribution is 2.30. The van der Waals surface area contributed by atoms with Gasteiger partial charge in [0.15, 0.2) is 11.5 Å². The molecular weight excluding hydrogens is 446 g/mol. The molecule has 0 aliphatic rings. The maximum Gasteiger partial charge on any atom is 0.282 e. The van der Waals surface area contributed by atoms with Gasteiger partial charge in [-0.1, -0.05) is 48.5 Å². The van der Waals surface area contributed by atoms with Crippen LogP contribution in [0.1, 0.15) is 37.6 Å². The zero-order chi connectivity index (χ0) is 21.7. The van der Waals surface area contributed by atoms with E-state index in [0.717, 1.165) is 10.9 Å². The molecule has 0 aliphatic carbocycles. The average molecular weight is 470 g/mol. The van der Waals surface area contributed by atoms with E-state index in [1.807, 2.05) is 37.3 Å². The maximum atomic E-state index is 13.2. The van der Waals surface area contributed by atoms with Crippen LogP contribution in [0.25, 0.3) is 10.9 Å². The van der Waals surface area contributed by atoms with Crippen molar-refractivity contribution in [2.24, 2.45) is 5.10 Å². The van der Waals surface area contributed by atoms with Crippen LogP contribution in [0.5, 0.6) is 11.5 Å². The fourth-order valence-electron chi connectivity index (χ4n) is 2.99. The molecule has 0 aliphatic heterocycles. The SMILES string of the molecule is C=CCOc1c(C=Nn2c([C@@H](C)CC)nc3ccc(Br)cc3c2=O)cccc1OC. The summed E-state index contributed by atoms with van der Waals surface area (Å²) < 4.78 is 13.4. The Morgan fingerprint density at radius 1 is 1.33 bits per heavy atom. The van der Waals surface area contributed by atoms with Crippen molar-refractivity contribution < 1.29 is 9.47 Å². The Bertz CT molecular complexity index is 1150. The molecule has 0 fully saturated rings. The predicted molar refractivity (Wildman–Crippen MR) is 124 cm³/mol. The van der Waals surface area contributed by atoms with Gasteiger partial charge >= 0.3 is 0 Å². The fourth-order valence-corrected chi connectivity index (χ4v) is 3.35.